The lowest BCUT2D eigenvalue weighted by atomic mass is 10.1. The molecule has 1 aromatic carbocycles. The van der Waals surface area contributed by atoms with Gasteiger partial charge in [0.2, 0.25) is 17.6 Å². The van der Waals surface area contributed by atoms with Crippen molar-refractivity contribution in [3.05, 3.63) is 17.7 Å². The molecule has 2 fully saturated rings. The van der Waals surface area contributed by atoms with Crippen molar-refractivity contribution in [1.29, 1.82) is 0 Å². The zero-order chi connectivity index (χ0) is 19.4. The highest BCUT2D eigenvalue weighted by Crippen LogP contribution is 2.45. The third-order valence-electron chi connectivity index (χ3n) is 4.94. The Morgan fingerprint density at radius 3 is 2.30 bits per heavy atom. The summed E-state index contributed by atoms with van der Waals surface area (Å²) < 4.78 is 16.3. The summed E-state index contributed by atoms with van der Waals surface area (Å²) in [6.45, 7) is 2.16. The summed E-state index contributed by atoms with van der Waals surface area (Å²) in [5, 5.41) is -0.0968. The second-order valence-electron chi connectivity index (χ2n) is 6.55. The van der Waals surface area contributed by atoms with Crippen molar-refractivity contribution in [2.24, 2.45) is 0 Å². The van der Waals surface area contributed by atoms with E-state index in [-0.39, 0.29) is 17.2 Å². The quantitative estimate of drug-likeness (QED) is 0.674. The Hall–Kier alpha value is -2.09. The first kappa shape index (κ1) is 19.7. The average molecular weight is 394 g/mol. The number of thioether (sulfide) groups is 1. The molecule has 1 unspecified atom stereocenters. The van der Waals surface area contributed by atoms with Gasteiger partial charge < -0.3 is 24.0 Å². The Morgan fingerprint density at radius 2 is 1.74 bits per heavy atom. The summed E-state index contributed by atoms with van der Waals surface area (Å²) in [6, 6.07) is 3.79. The van der Waals surface area contributed by atoms with Crippen LogP contribution in [0, 0.1) is 0 Å². The molecule has 27 heavy (non-hydrogen) atoms. The van der Waals surface area contributed by atoms with Crippen LogP contribution in [0.3, 0.4) is 0 Å². The van der Waals surface area contributed by atoms with Crippen molar-refractivity contribution in [3.8, 4) is 17.2 Å². The number of nitrogens with zero attached hydrogens (tertiary/aromatic N) is 2. The first-order valence-corrected chi connectivity index (χ1v) is 10.1. The Bertz CT molecular complexity index is 686. The van der Waals surface area contributed by atoms with Crippen molar-refractivity contribution < 1.29 is 23.8 Å². The topological polar surface area (TPSA) is 68.3 Å². The van der Waals surface area contributed by atoms with Crippen molar-refractivity contribution in [2.75, 3.05) is 46.7 Å². The molecule has 148 valence electrons. The molecule has 0 bridgehead atoms. The minimum atomic E-state index is -0.0968. The molecule has 0 N–H and O–H groups in total. The predicted octanol–water partition coefficient (Wildman–Crippen LogP) is 2.30. The Labute approximate surface area is 163 Å². The molecule has 8 heteroatoms. The minimum Gasteiger partial charge on any atom is -0.493 e. The fraction of sp³-hybridized carbons (Fsp3) is 0.579. The minimum absolute atomic E-state index is 0.0968. The van der Waals surface area contributed by atoms with Gasteiger partial charge in [-0.3, -0.25) is 9.59 Å². The predicted molar refractivity (Wildman–Crippen MR) is 103 cm³/mol. The lowest BCUT2D eigenvalue weighted by molar-refractivity contribution is -0.128. The number of carbonyl (C=O) groups excluding carboxylic acids is 2. The van der Waals surface area contributed by atoms with Crippen LogP contribution in [0.1, 0.15) is 30.2 Å². The number of hydrogen-bond acceptors (Lipinski definition) is 6. The van der Waals surface area contributed by atoms with Crippen molar-refractivity contribution in [1.82, 2.24) is 9.80 Å². The van der Waals surface area contributed by atoms with Gasteiger partial charge in [0.05, 0.1) is 27.1 Å². The lowest BCUT2D eigenvalue weighted by Crippen LogP contribution is -2.33. The summed E-state index contributed by atoms with van der Waals surface area (Å²) in [5.74, 6) is 2.48. The zero-order valence-corrected chi connectivity index (χ0v) is 16.8. The fourth-order valence-corrected chi connectivity index (χ4v) is 4.79. The molecule has 1 aromatic rings. The number of benzene rings is 1. The van der Waals surface area contributed by atoms with E-state index < -0.39 is 0 Å². The molecule has 2 aliphatic heterocycles. The highest BCUT2D eigenvalue weighted by molar-refractivity contribution is 8.00. The van der Waals surface area contributed by atoms with Gasteiger partial charge in [0, 0.05) is 26.1 Å². The average Bonchev–Trinajstić information content (AvgIpc) is 3.26. The molecule has 0 radical (unpaired) electrons. The number of likely N-dealkylation sites (tertiary alicyclic amines) is 1. The summed E-state index contributed by atoms with van der Waals surface area (Å²) in [6.07, 6.45) is 2.36. The largest absolute Gasteiger partial charge is 0.493 e. The molecular weight excluding hydrogens is 368 g/mol. The maximum atomic E-state index is 12.4. The van der Waals surface area contributed by atoms with Crippen LogP contribution in [0.25, 0.3) is 0 Å². The molecule has 2 saturated heterocycles. The van der Waals surface area contributed by atoms with E-state index in [0.717, 1.165) is 24.9 Å². The maximum absolute atomic E-state index is 12.4. The summed E-state index contributed by atoms with van der Waals surface area (Å²) in [4.78, 5) is 27.9. The summed E-state index contributed by atoms with van der Waals surface area (Å²) >= 11 is 1.59. The van der Waals surface area contributed by atoms with Gasteiger partial charge in [0.1, 0.15) is 5.37 Å². The normalized spacial score (nSPS) is 19.7. The first-order valence-electron chi connectivity index (χ1n) is 9.07. The Morgan fingerprint density at radius 1 is 1.04 bits per heavy atom. The Balaban J connectivity index is 1.74. The fourth-order valence-electron chi connectivity index (χ4n) is 3.59. The molecule has 0 saturated carbocycles. The molecule has 0 spiro atoms. The van der Waals surface area contributed by atoms with Crippen molar-refractivity contribution in [3.63, 3.8) is 0 Å². The van der Waals surface area contributed by atoms with E-state index in [0.29, 0.717) is 42.5 Å². The number of ether oxygens (including phenoxy) is 3. The SMILES string of the molecule is COc1cc(C2SCC(=O)N2CCCN2CCCC2=O)cc(OC)c1OC. The van der Waals surface area contributed by atoms with E-state index in [9.17, 15) is 9.59 Å². The first-order chi connectivity index (χ1) is 13.1. The van der Waals surface area contributed by atoms with Crippen molar-refractivity contribution >= 4 is 23.6 Å². The smallest absolute Gasteiger partial charge is 0.233 e. The number of hydrogen-bond donors (Lipinski definition) is 0. The highest BCUT2D eigenvalue weighted by Gasteiger charge is 2.34. The van der Waals surface area contributed by atoms with Crippen molar-refractivity contribution in [2.45, 2.75) is 24.6 Å². The van der Waals surface area contributed by atoms with Crippen LogP contribution >= 0.6 is 11.8 Å². The molecule has 3 rings (SSSR count). The maximum Gasteiger partial charge on any atom is 0.233 e. The van der Waals surface area contributed by atoms with Gasteiger partial charge in [-0.15, -0.1) is 11.8 Å². The van der Waals surface area contributed by atoms with Crippen LogP contribution in [0.2, 0.25) is 0 Å². The second-order valence-corrected chi connectivity index (χ2v) is 7.62. The van der Waals surface area contributed by atoms with Gasteiger partial charge >= 0.3 is 0 Å². The van der Waals surface area contributed by atoms with E-state index in [4.69, 9.17) is 14.2 Å². The number of amides is 2. The zero-order valence-electron chi connectivity index (χ0n) is 16.0. The van der Waals surface area contributed by atoms with Crippen LogP contribution in [-0.2, 0) is 9.59 Å². The van der Waals surface area contributed by atoms with E-state index in [2.05, 4.69) is 0 Å². The molecule has 7 nitrogen and oxygen atoms in total. The third-order valence-corrected chi connectivity index (χ3v) is 6.19. The number of carbonyl (C=O) groups is 2. The summed E-state index contributed by atoms with van der Waals surface area (Å²) in [5.41, 5.74) is 0.942. The van der Waals surface area contributed by atoms with Gasteiger partial charge in [-0.05, 0) is 30.5 Å². The van der Waals surface area contributed by atoms with Crippen LogP contribution < -0.4 is 14.2 Å². The van der Waals surface area contributed by atoms with E-state index in [1.807, 2.05) is 21.9 Å². The monoisotopic (exact) mass is 394 g/mol. The molecule has 2 amide bonds. The van der Waals surface area contributed by atoms with Crippen LogP contribution in [0.15, 0.2) is 12.1 Å². The number of methoxy groups -OCH3 is 3. The van der Waals surface area contributed by atoms with Crippen LogP contribution in [0.4, 0.5) is 0 Å². The lowest BCUT2D eigenvalue weighted by Gasteiger charge is -2.26. The molecule has 2 heterocycles. The molecule has 2 aliphatic rings. The van der Waals surface area contributed by atoms with Gasteiger partial charge in [-0.2, -0.15) is 0 Å². The third kappa shape index (κ3) is 4.10. The van der Waals surface area contributed by atoms with E-state index in [1.165, 1.54) is 0 Å². The van der Waals surface area contributed by atoms with Gasteiger partial charge in [-0.25, -0.2) is 0 Å². The molecule has 1 atom stereocenters. The highest BCUT2D eigenvalue weighted by atomic mass is 32.2. The van der Waals surface area contributed by atoms with Gasteiger partial charge in [-0.1, -0.05) is 0 Å². The Kier molecular flexibility index (Phi) is 6.36. The standard InChI is InChI=1S/C19H26N2O5S/c1-24-14-10-13(11-15(25-2)18(14)26-3)19-21(17(23)12-27-19)9-5-8-20-7-4-6-16(20)22/h10-11,19H,4-9,12H2,1-3H3. The van der Waals surface area contributed by atoms with E-state index in [1.54, 1.807) is 33.1 Å². The van der Waals surface area contributed by atoms with Crippen LogP contribution in [-0.4, -0.2) is 68.3 Å². The number of rotatable bonds is 8. The second kappa shape index (κ2) is 8.73. The van der Waals surface area contributed by atoms with E-state index >= 15 is 0 Å². The van der Waals surface area contributed by atoms with Gasteiger partial charge in [0.15, 0.2) is 11.5 Å². The summed E-state index contributed by atoms with van der Waals surface area (Å²) in [7, 11) is 4.73. The molecule has 0 aromatic heterocycles. The van der Waals surface area contributed by atoms with Gasteiger partial charge in [0.25, 0.3) is 0 Å². The molecule has 0 aliphatic carbocycles. The van der Waals surface area contributed by atoms with Crippen LogP contribution in [0.5, 0.6) is 17.2 Å². The molecular formula is C19H26N2O5S.